The lowest BCUT2D eigenvalue weighted by Gasteiger charge is -2.27. The van der Waals surface area contributed by atoms with Crippen LogP contribution in [0.15, 0.2) is 25.0 Å². The zero-order valence-corrected chi connectivity index (χ0v) is 11.4. The van der Waals surface area contributed by atoms with Gasteiger partial charge in [-0.05, 0) is 36.4 Å². The standard InChI is InChI=1S/C9H12ClIN4/c1-4(2)15-7-5(10)3-13-9(12)6(7)8(11)14-15/h4,14H,3H2,1-2H3,(H2,12,13). The van der Waals surface area contributed by atoms with E-state index in [2.05, 4.69) is 46.9 Å². The molecule has 15 heavy (non-hydrogen) atoms. The summed E-state index contributed by atoms with van der Waals surface area (Å²) in [4.78, 5) is 4.17. The zero-order chi connectivity index (χ0) is 11.2. The number of nitrogens with two attached hydrogens (primary N) is 1. The lowest BCUT2D eigenvalue weighted by atomic mass is 10.1. The van der Waals surface area contributed by atoms with E-state index in [0.29, 0.717) is 18.4 Å². The highest BCUT2D eigenvalue weighted by Crippen LogP contribution is 2.35. The molecule has 0 amide bonds. The van der Waals surface area contributed by atoms with Crippen molar-refractivity contribution in [2.45, 2.75) is 19.9 Å². The van der Waals surface area contributed by atoms with E-state index in [0.717, 1.165) is 20.0 Å². The summed E-state index contributed by atoms with van der Waals surface area (Å²) in [6, 6.07) is 0.321. The lowest BCUT2D eigenvalue weighted by Crippen LogP contribution is -2.37. The molecule has 0 saturated carbocycles. The number of hydrazine groups is 1. The van der Waals surface area contributed by atoms with E-state index in [-0.39, 0.29) is 0 Å². The van der Waals surface area contributed by atoms with Gasteiger partial charge in [-0.25, -0.2) is 0 Å². The summed E-state index contributed by atoms with van der Waals surface area (Å²) in [7, 11) is 0. The summed E-state index contributed by atoms with van der Waals surface area (Å²) in [5.41, 5.74) is 11.0. The molecule has 82 valence electrons. The van der Waals surface area contributed by atoms with E-state index >= 15 is 0 Å². The van der Waals surface area contributed by atoms with Gasteiger partial charge in [0.25, 0.3) is 0 Å². The van der Waals surface area contributed by atoms with Crippen LogP contribution >= 0.6 is 34.2 Å². The minimum atomic E-state index is 0.321. The normalized spacial score (nSPS) is 20.9. The van der Waals surface area contributed by atoms with Crippen LogP contribution in [0.3, 0.4) is 0 Å². The van der Waals surface area contributed by atoms with Crippen molar-refractivity contribution in [2.75, 3.05) is 6.54 Å². The van der Waals surface area contributed by atoms with Crippen molar-refractivity contribution in [1.82, 2.24) is 10.4 Å². The molecule has 0 aromatic heterocycles. The van der Waals surface area contributed by atoms with Crippen LogP contribution in [0, 0.1) is 0 Å². The van der Waals surface area contributed by atoms with Crippen LogP contribution in [-0.2, 0) is 0 Å². The largest absolute Gasteiger partial charge is 0.383 e. The SMILES string of the molecule is CC(C)N1NC(I)=C2C(N)=NCC(Cl)=C21. The Morgan fingerprint density at radius 2 is 2.27 bits per heavy atom. The van der Waals surface area contributed by atoms with Gasteiger partial charge < -0.3 is 5.73 Å². The van der Waals surface area contributed by atoms with Crippen LogP contribution in [0.25, 0.3) is 0 Å². The predicted octanol–water partition coefficient (Wildman–Crippen LogP) is 1.68. The minimum Gasteiger partial charge on any atom is -0.383 e. The van der Waals surface area contributed by atoms with Gasteiger partial charge in [0.2, 0.25) is 0 Å². The molecule has 0 atom stereocenters. The Labute approximate surface area is 107 Å². The maximum atomic E-state index is 6.18. The summed E-state index contributed by atoms with van der Waals surface area (Å²) in [6.45, 7) is 4.67. The Morgan fingerprint density at radius 1 is 1.60 bits per heavy atom. The lowest BCUT2D eigenvalue weighted by molar-refractivity contribution is 0.251. The first kappa shape index (κ1) is 11.1. The average molecular weight is 339 g/mol. The molecule has 2 rings (SSSR count). The summed E-state index contributed by atoms with van der Waals surface area (Å²) >= 11 is 8.40. The second-order valence-electron chi connectivity index (χ2n) is 3.72. The maximum Gasteiger partial charge on any atom is 0.130 e. The van der Waals surface area contributed by atoms with Crippen LogP contribution in [0.2, 0.25) is 0 Å². The molecule has 2 aliphatic heterocycles. The fourth-order valence-electron chi connectivity index (χ4n) is 1.64. The average Bonchev–Trinajstić information content (AvgIpc) is 2.51. The maximum absolute atomic E-state index is 6.18. The summed E-state index contributed by atoms with van der Waals surface area (Å²) in [5.74, 6) is 0.564. The summed E-state index contributed by atoms with van der Waals surface area (Å²) in [6.07, 6.45) is 0. The molecule has 0 aromatic carbocycles. The van der Waals surface area contributed by atoms with E-state index in [1.54, 1.807) is 0 Å². The zero-order valence-electron chi connectivity index (χ0n) is 8.51. The fraction of sp³-hybridized carbons (Fsp3) is 0.444. The molecule has 2 aliphatic rings. The number of dihydropyridines is 1. The van der Waals surface area contributed by atoms with Crippen molar-refractivity contribution in [1.29, 1.82) is 0 Å². The highest BCUT2D eigenvalue weighted by atomic mass is 127. The minimum absolute atomic E-state index is 0.321. The summed E-state index contributed by atoms with van der Waals surface area (Å²) < 4.78 is 0.982. The van der Waals surface area contributed by atoms with E-state index in [1.807, 2.05) is 5.01 Å². The van der Waals surface area contributed by atoms with Crippen molar-refractivity contribution in [3.8, 4) is 0 Å². The smallest absolute Gasteiger partial charge is 0.130 e. The third-order valence-corrected chi connectivity index (χ3v) is 3.41. The van der Waals surface area contributed by atoms with Crippen LogP contribution in [0.4, 0.5) is 0 Å². The van der Waals surface area contributed by atoms with Gasteiger partial charge >= 0.3 is 0 Å². The third kappa shape index (κ3) is 1.71. The molecule has 0 unspecified atom stereocenters. The van der Waals surface area contributed by atoms with Gasteiger partial charge in [-0.2, -0.15) is 0 Å². The molecule has 0 saturated heterocycles. The number of nitrogens with zero attached hydrogens (tertiary/aromatic N) is 2. The number of amidine groups is 1. The van der Waals surface area contributed by atoms with Crippen LogP contribution < -0.4 is 11.2 Å². The van der Waals surface area contributed by atoms with Gasteiger partial charge in [0.15, 0.2) is 0 Å². The molecule has 2 heterocycles. The Hall–Kier alpha value is -0.430. The van der Waals surface area contributed by atoms with E-state index in [4.69, 9.17) is 17.3 Å². The highest BCUT2D eigenvalue weighted by Gasteiger charge is 2.33. The summed E-state index contributed by atoms with van der Waals surface area (Å²) in [5, 5.41) is 2.77. The first-order valence-electron chi connectivity index (χ1n) is 4.67. The Kier molecular flexibility index (Phi) is 2.85. The van der Waals surface area contributed by atoms with Gasteiger partial charge in [-0.3, -0.25) is 15.4 Å². The van der Waals surface area contributed by atoms with E-state index in [9.17, 15) is 0 Å². The Bertz CT molecular complexity index is 397. The van der Waals surface area contributed by atoms with Gasteiger partial charge in [-0.15, -0.1) is 0 Å². The van der Waals surface area contributed by atoms with Crippen LogP contribution in [-0.4, -0.2) is 23.4 Å². The van der Waals surface area contributed by atoms with Gasteiger partial charge in [0, 0.05) is 6.04 Å². The molecule has 3 N–H and O–H groups in total. The Morgan fingerprint density at radius 3 is 2.87 bits per heavy atom. The number of nitrogens with one attached hydrogen (secondary N) is 1. The van der Waals surface area contributed by atoms with Crippen molar-refractivity contribution in [3.63, 3.8) is 0 Å². The number of fused-ring (bicyclic) bond motifs is 1. The van der Waals surface area contributed by atoms with Crippen LogP contribution in [0.5, 0.6) is 0 Å². The van der Waals surface area contributed by atoms with E-state index in [1.165, 1.54) is 0 Å². The molecule has 0 fully saturated rings. The first-order chi connectivity index (χ1) is 7.02. The third-order valence-electron chi connectivity index (χ3n) is 2.33. The second-order valence-corrected chi connectivity index (χ2v) is 5.25. The molecule has 0 spiro atoms. The number of hydrogen-bond donors (Lipinski definition) is 2. The van der Waals surface area contributed by atoms with Gasteiger partial charge in [0.05, 0.1) is 22.8 Å². The van der Waals surface area contributed by atoms with Crippen LogP contribution in [0.1, 0.15) is 13.8 Å². The topological polar surface area (TPSA) is 53.6 Å². The molecule has 6 heteroatoms. The predicted molar refractivity (Wildman–Crippen MR) is 70.5 cm³/mol. The van der Waals surface area contributed by atoms with Crippen molar-refractivity contribution in [3.05, 3.63) is 20.0 Å². The monoisotopic (exact) mass is 338 g/mol. The Balaban J connectivity index is 2.48. The molecule has 0 aliphatic carbocycles. The molecule has 4 nitrogen and oxygen atoms in total. The number of rotatable bonds is 1. The van der Waals surface area contributed by atoms with Crippen molar-refractivity contribution < 1.29 is 0 Å². The molecular formula is C9H12ClIN4. The highest BCUT2D eigenvalue weighted by molar-refractivity contribution is 14.1. The molecule has 0 aromatic rings. The van der Waals surface area contributed by atoms with E-state index < -0.39 is 0 Å². The number of hydrogen-bond acceptors (Lipinski definition) is 4. The number of halogens is 2. The molecular weight excluding hydrogens is 326 g/mol. The number of aliphatic imine (C=N–C) groups is 1. The fourth-order valence-corrected chi connectivity index (χ4v) is 2.67. The van der Waals surface area contributed by atoms with Gasteiger partial charge in [-0.1, -0.05) is 11.6 Å². The second kappa shape index (κ2) is 3.86. The molecule has 0 bridgehead atoms. The quantitative estimate of drug-likeness (QED) is 0.565. The molecule has 0 radical (unpaired) electrons. The van der Waals surface area contributed by atoms with Crippen molar-refractivity contribution in [2.24, 2.45) is 10.7 Å². The van der Waals surface area contributed by atoms with Gasteiger partial charge in [0.1, 0.15) is 9.54 Å². The first-order valence-corrected chi connectivity index (χ1v) is 6.13. The van der Waals surface area contributed by atoms with Crippen molar-refractivity contribution >= 4 is 40.0 Å².